The molecular weight excluding hydrogens is 182 g/mol. The summed E-state index contributed by atoms with van der Waals surface area (Å²) in [6, 6.07) is -0.0438. The summed E-state index contributed by atoms with van der Waals surface area (Å²) in [5.41, 5.74) is 0. The molecule has 0 aromatic carbocycles. The number of fused-ring (bicyclic) bond motifs is 1. The van der Waals surface area contributed by atoms with Crippen molar-refractivity contribution in [3.63, 3.8) is 0 Å². The number of carbonyl (C=O) groups excluding carboxylic acids is 1. The third-order valence-corrected chi connectivity index (χ3v) is 3.39. The highest BCUT2D eigenvalue weighted by Crippen LogP contribution is 2.33. The van der Waals surface area contributed by atoms with Gasteiger partial charge in [0.15, 0.2) is 0 Å². The van der Waals surface area contributed by atoms with Crippen LogP contribution in [0.15, 0.2) is 0 Å². The van der Waals surface area contributed by atoms with Crippen molar-refractivity contribution in [2.75, 3.05) is 0 Å². The zero-order valence-electron chi connectivity index (χ0n) is 8.03. The highest BCUT2D eigenvalue weighted by Gasteiger charge is 2.39. The number of aliphatic carboxylic acids is 1. The quantitative estimate of drug-likeness (QED) is 0.635. The van der Waals surface area contributed by atoms with Gasteiger partial charge in [-0.3, -0.25) is 4.79 Å². The molecular formula is C10H15NO3. The summed E-state index contributed by atoms with van der Waals surface area (Å²) in [7, 11) is 0. The average molecular weight is 197 g/mol. The standard InChI is InChI=1S/C10H15NO3/c12-9(10(13)14)8-5-6-3-1-2-4-7(6)11-8/h6-8,11H,1-5H2,(H,13,14)/t6-,7-,8-/m0/s1. The van der Waals surface area contributed by atoms with Gasteiger partial charge in [0.1, 0.15) is 0 Å². The van der Waals surface area contributed by atoms with Crippen LogP contribution in [0.3, 0.4) is 0 Å². The minimum atomic E-state index is -1.30. The fourth-order valence-corrected chi connectivity index (χ4v) is 2.67. The summed E-state index contributed by atoms with van der Waals surface area (Å²) in [4.78, 5) is 21.7. The van der Waals surface area contributed by atoms with Gasteiger partial charge in [-0.25, -0.2) is 4.79 Å². The number of ketones is 1. The van der Waals surface area contributed by atoms with Gasteiger partial charge in [-0.15, -0.1) is 0 Å². The molecule has 0 spiro atoms. The van der Waals surface area contributed by atoms with Crippen LogP contribution in [-0.2, 0) is 9.59 Å². The molecule has 2 N–H and O–H groups in total. The van der Waals surface area contributed by atoms with Gasteiger partial charge in [-0.1, -0.05) is 12.8 Å². The lowest BCUT2D eigenvalue weighted by atomic mass is 9.85. The van der Waals surface area contributed by atoms with Crippen LogP contribution in [0, 0.1) is 5.92 Å². The van der Waals surface area contributed by atoms with Crippen LogP contribution < -0.4 is 5.32 Å². The van der Waals surface area contributed by atoms with E-state index in [1.807, 2.05) is 0 Å². The van der Waals surface area contributed by atoms with E-state index in [1.54, 1.807) is 0 Å². The van der Waals surface area contributed by atoms with E-state index in [4.69, 9.17) is 5.11 Å². The number of nitrogens with one attached hydrogen (secondary N) is 1. The molecule has 0 bridgehead atoms. The Kier molecular flexibility index (Phi) is 2.54. The molecule has 14 heavy (non-hydrogen) atoms. The minimum Gasteiger partial charge on any atom is -0.475 e. The number of hydrogen-bond donors (Lipinski definition) is 2. The lowest BCUT2D eigenvalue weighted by Gasteiger charge is -2.24. The maximum atomic E-state index is 11.2. The number of carbonyl (C=O) groups is 2. The van der Waals surface area contributed by atoms with Gasteiger partial charge in [-0.05, 0) is 25.2 Å². The third-order valence-electron chi connectivity index (χ3n) is 3.39. The Morgan fingerprint density at radius 3 is 2.57 bits per heavy atom. The highest BCUT2D eigenvalue weighted by molar-refractivity contribution is 6.34. The Hall–Kier alpha value is -0.900. The van der Waals surface area contributed by atoms with Crippen molar-refractivity contribution < 1.29 is 14.7 Å². The van der Waals surface area contributed by atoms with E-state index in [0.29, 0.717) is 12.0 Å². The smallest absolute Gasteiger partial charge is 0.373 e. The fraction of sp³-hybridized carbons (Fsp3) is 0.800. The number of Topliss-reactive ketones (excluding diaryl/α,β-unsaturated/α-hetero) is 1. The molecule has 1 aliphatic heterocycles. The molecule has 1 aliphatic carbocycles. The molecule has 3 atom stereocenters. The van der Waals surface area contributed by atoms with E-state index in [-0.39, 0.29) is 0 Å². The summed E-state index contributed by atoms with van der Waals surface area (Å²) in [6.45, 7) is 0. The van der Waals surface area contributed by atoms with Crippen LogP contribution >= 0.6 is 0 Å². The molecule has 0 aromatic heterocycles. The first kappa shape index (κ1) is 9.65. The highest BCUT2D eigenvalue weighted by atomic mass is 16.4. The van der Waals surface area contributed by atoms with Crippen LogP contribution in [0.5, 0.6) is 0 Å². The monoisotopic (exact) mass is 197 g/mol. The van der Waals surface area contributed by atoms with E-state index in [0.717, 1.165) is 19.3 Å². The second kappa shape index (κ2) is 3.69. The van der Waals surface area contributed by atoms with Crippen LogP contribution in [0.1, 0.15) is 32.1 Å². The first-order valence-corrected chi connectivity index (χ1v) is 5.21. The number of carboxylic acid groups (broad SMARTS) is 1. The zero-order valence-corrected chi connectivity index (χ0v) is 8.03. The van der Waals surface area contributed by atoms with Crippen molar-refractivity contribution in [1.82, 2.24) is 5.32 Å². The maximum Gasteiger partial charge on any atom is 0.373 e. The molecule has 1 saturated carbocycles. The summed E-state index contributed by atoms with van der Waals surface area (Å²) in [6.07, 6.45) is 5.36. The van der Waals surface area contributed by atoms with E-state index in [1.165, 1.54) is 12.8 Å². The van der Waals surface area contributed by atoms with Crippen molar-refractivity contribution in [3.05, 3.63) is 0 Å². The van der Waals surface area contributed by atoms with Crippen LogP contribution in [0.2, 0.25) is 0 Å². The second-order valence-corrected chi connectivity index (χ2v) is 4.28. The van der Waals surface area contributed by atoms with Gasteiger partial charge in [-0.2, -0.15) is 0 Å². The number of rotatable bonds is 2. The van der Waals surface area contributed by atoms with E-state index in [2.05, 4.69) is 5.32 Å². The molecule has 4 nitrogen and oxygen atoms in total. The Morgan fingerprint density at radius 1 is 1.21 bits per heavy atom. The predicted molar refractivity (Wildman–Crippen MR) is 49.9 cm³/mol. The lowest BCUT2D eigenvalue weighted by Crippen LogP contribution is -2.40. The van der Waals surface area contributed by atoms with Gasteiger partial charge in [0, 0.05) is 6.04 Å². The summed E-state index contributed by atoms with van der Waals surface area (Å²) in [5, 5.41) is 11.7. The molecule has 1 saturated heterocycles. The zero-order chi connectivity index (χ0) is 10.1. The van der Waals surface area contributed by atoms with Crippen molar-refractivity contribution in [2.45, 2.75) is 44.2 Å². The normalized spacial score (nSPS) is 36.4. The molecule has 0 radical (unpaired) electrons. The molecule has 78 valence electrons. The SMILES string of the molecule is O=C(O)C(=O)[C@@H]1C[C@@H]2CCCC[C@@H]2N1. The van der Waals surface area contributed by atoms with Crippen molar-refractivity contribution >= 4 is 11.8 Å². The molecule has 0 aromatic rings. The Labute approximate surface area is 82.7 Å². The van der Waals surface area contributed by atoms with Gasteiger partial charge < -0.3 is 10.4 Å². The Balaban J connectivity index is 1.99. The molecule has 1 heterocycles. The Morgan fingerprint density at radius 2 is 1.93 bits per heavy atom. The molecule has 2 fully saturated rings. The van der Waals surface area contributed by atoms with Crippen molar-refractivity contribution in [1.29, 1.82) is 0 Å². The maximum absolute atomic E-state index is 11.2. The van der Waals surface area contributed by atoms with Crippen molar-refractivity contribution in [3.8, 4) is 0 Å². The first-order valence-electron chi connectivity index (χ1n) is 5.21. The van der Waals surface area contributed by atoms with Gasteiger partial charge >= 0.3 is 5.97 Å². The summed E-state index contributed by atoms with van der Waals surface area (Å²) < 4.78 is 0. The molecule has 4 heteroatoms. The fourth-order valence-electron chi connectivity index (χ4n) is 2.67. The largest absolute Gasteiger partial charge is 0.475 e. The summed E-state index contributed by atoms with van der Waals surface area (Å²) in [5.74, 6) is -1.45. The van der Waals surface area contributed by atoms with E-state index in [9.17, 15) is 9.59 Å². The van der Waals surface area contributed by atoms with Crippen molar-refractivity contribution in [2.24, 2.45) is 5.92 Å². The molecule has 2 aliphatic rings. The second-order valence-electron chi connectivity index (χ2n) is 4.28. The predicted octanol–water partition coefficient (Wildman–Crippen LogP) is 0.561. The van der Waals surface area contributed by atoms with Gasteiger partial charge in [0.25, 0.3) is 5.78 Å². The average Bonchev–Trinajstić information content (AvgIpc) is 2.59. The summed E-state index contributed by atoms with van der Waals surface area (Å²) >= 11 is 0. The third kappa shape index (κ3) is 1.66. The number of carboxylic acids is 1. The van der Waals surface area contributed by atoms with Crippen LogP contribution in [0.4, 0.5) is 0 Å². The van der Waals surface area contributed by atoms with Crippen LogP contribution in [-0.4, -0.2) is 28.9 Å². The van der Waals surface area contributed by atoms with Gasteiger partial charge in [0.05, 0.1) is 6.04 Å². The Bertz CT molecular complexity index is 250. The van der Waals surface area contributed by atoms with E-state index >= 15 is 0 Å². The molecule has 0 amide bonds. The molecule has 0 unspecified atom stereocenters. The lowest BCUT2D eigenvalue weighted by molar-refractivity contribution is -0.149. The van der Waals surface area contributed by atoms with E-state index < -0.39 is 17.8 Å². The topological polar surface area (TPSA) is 66.4 Å². The number of hydrogen-bond acceptors (Lipinski definition) is 3. The molecule has 2 rings (SSSR count). The minimum absolute atomic E-state index is 0.386. The first-order chi connectivity index (χ1) is 6.68. The van der Waals surface area contributed by atoms with Crippen LogP contribution in [0.25, 0.3) is 0 Å². The van der Waals surface area contributed by atoms with Gasteiger partial charge in [0.2, 0.25) is 0 Å².